The normalized spacial score (nSPS) is 34.8. The highest BCUT2D eigenvalue weighted by Crippen LogP contribution is 2.39. The van der Waals surface area contributed by atoms with Crippen LogP contribution in [0.1, 0.15) is 18.4 Å². The molecule has 0 aromatic carbocycles. The van der Waals surface area contributed by atoms with Crippen LogP contribution in [0.15, 0.2) is 12.3 Å². The van der Waals surface area contributed by atoms with Crippen LogP contribution in [0.2, 0.25) is 10.2 Å². The fourth-order valence-corrected chi connectivity index (χ4v) is 3.74. The third-order valence-corrected chi connectivity index (χ3v) is 4.95. The molecule has 1 atom stereocenters. The first-order chi connectivity index (χ1) is 8.58. The number of aliphatic hydroxyl groups is 1. The van der Waals surface area contributed by atoms with Gasteiger partial charge in [-0.1, -0.05) is 23.2 Å². The van der Waals surface area contributed by atoms with E-state index in [-0.39, 0.29) is 0 Å². The number of pyridine rings is 1. The van der Waals surface area contributed by atoms with Crippen LogP contribution in [0.3, 0.4) is 0 Å². The second-order valence-electron chi connectivity index (χ2n) is 5.39. The van der Waals surface area contributed by atoms with Crippen molar-refractivity contribution in [3.8, 4) is 0 Å². The lowest BCUT2D eigenvalue weighted by atomic mass is 9.72. The SMILES string of the molecule is OC1(Cc2c(Cl)ccnc2Cl)CN2CCC1CC2. The lowest BCUT2D eigenvalue weighted by molar-refractivity contribution is -0.110. The minimum Gasteiger partial charge on any atom is -0.388 e. The number of rotatable bonds is 2. The molecule has 3 aliphatic rings. The summed E-state index contributed by atoms with van der Waals surface area (Å²) < 4.78 is 0. The zero-order valence-corrected chi connectivity index (χ0v) is 11.6. The standard InChI is InChI=1S/C13H16Cl2N2O/c14-11-1-4-16-12(15)10(11)7-13(18)8-17-5-2-9(13)3-6-17/h1,4,9,18H,2-3,5-8H2. The summed E-state index contributed by atoms with van der Waals surface area (Å²) in [5, 5.41) is 11.9. The minimum absolute atomic E-state index is 0.356. The van der Waals surface area contributed by atoms with E-state index < -0.39 is 5.60 Å². The maximum Gasteiger partial charge on any atom is 0.133 e. The van der Waals surface area contributed by atoms with Gasteiger partial charge in [-0.3, -0.25) is 0 Å². The van der Waals surface area contributed by atoms with Gasteiger partial charge in [0, 0.05) is 29.7 Å². The Hall–Kier alpha value is -0.350. The van der Waals surface area contributed by atoms with Crippen LogP contribution in [-0.2, 0) is 6.42 Å². The van der Waals surface area contributed by atoms with Gasteiger partial charge in [-0.2, -0.15) is 0 Å². The lowest BCUT2D eigenvalue weighted by Gasteiger charge is -2.50. The summed E-state index contributed by atoms with van der Waals surface area (Å²) in [6.07, 6.45) is 4.21. The molecule has 18 heavy (non-hydrogen) atoms. The smallest absolute Gasteiger partial charge is 0.133 e. The fourth-order valence-electron chi connectivity index (χ4n) is 3.25. The molecule has 3 fully saturated rings. The highest BCUT2D eigenvalue weighted by molar-refractivity contribution is 6.35. The Morgan fingerprint density at radius 3 is 2.67 bits per heavy atom. The number of hydrogen-bond acceptors (Lipinski definition) is 3. The first kappa shape index (κ1) is 12.7. The third-order valence-electron chi connectivity index (χ3n) is 4.27. The molecule has 4 heterocycles. The Labute approximate surface area is 117 Å². The number of aromatic nitrogens is 1. The van der Waals surface area contributed by atoms with Gasteiger partial charge in [0.1, 0.15) is 5.15 Å². The van der Waals surface area contributed by atoms with Gasteiger partial charge in [-0.25, -0.2) is 4.98 Å². The Bertz CT molecular complexity index is 440. The van der Waals surface area contributed by atoms with E-state index in [0.29, 0.717) is 22.5 Å². The average Bonchev–Trinajstić information content (AvgIpc) is 2.35. The predicted molar refractivity (Wildman–Crippen MR) is 72.1 cm³/mol. The maximum atomic E-state index is 10.9. The zero-order chi connectivity index (χ0) is 12.8. The molecule has 1 aromatic rings. The van der Waals surface area contributed by atoms with Crippen LogP contribution in [0.25, 0.3) is 0 Å². The van der Waals surface area contributed by atoms with E-state index in [1.807, 2.05) is 0 Å². The van der Waals surface area contributed by atoms with Crippen molar-refractivity contribution < 1.29 is 5.11 Å². The van der Waals surface area contributed by atoms with Crippen LogP contribution in [0.5, 0.6) is 0 Å². The van der Waals surface area contributed by atoms with Crippen LogP contribution >= 0.6 is 23.2 Å². The molecule has 0 radical (unpaired) electrons. The predicted octanol–water partition coefficient (Wildman–Crippen LogP) is 2.39. The van der Waals surface area contributed by atoms with Crippen molar-refractivity contribution in [3.05, 3.63) is 28.0 Å². The molecule has 3 aliphatic heterocycles. The minimum atomic E-state index is -0.702. The molecular weight excluding hydrogens is 271 g/mol. The molecule has 1 N–H and O–H groups in total. The highest BCUT2D eigenvalue weighted by atomic mass is 35.5. The summed E-state index contributed by atoms with van der Waals surface area (Å²) in [5.41, 5.74) is 0.0735. The van der Waals surface area contributed by atoms with Crippen molar-refractivity contribution in [2.24, 2.45) is 5.92 Å². The Morgan fingerprint density at radius 1 is 1.39 bits per heavy atom. The first-order valence-electron chi connectivity index (χ1n) is 6.32. The maximum absolute atomic E-state index is 10.9. The molecule has 0 spiro atoms. The monoisotopic (exact) mass is 286 g/mol. The summed E-state index contributed by atoms with van der Waals surface area (Å²) >= 11 is 12.3. The van der Waals surface area contributed by atoms with E-state index in [2.05, 4.69) is 9.88 Å². The van der Waals surface area contributed by atoms with Gasteiger partial charge in [0.15, 0.2) is 0 Å². The molecule has 3 saturated heterocycles. The molecule has 0 saturated carbocycles. The van der Waals surface area contributed by atoms with Gasteiger partial charge in [0.2, 0.25) is 0 Å². The summed E-state index contributed by atoms with van der Waals surface area (Å²) in [4.78, 5) is 6.37. The number of piperidine rings is 3. The Morgan fingerprint density at radius 2 is 2.11 bits per heavy atom. The van der Waals surface area contributed by atoms with Gasteiger partial charge < -0.3 is 10.0 Å². The molecule has 0 aliphatic carbocycles. The van der Waals surface area contributed by atoms with E-state index in [1.54, 1.807) is 12.3 Å². The topological polar surface area (TPSA) is 36.4 Å². The van der Waals surface area contributed by atoms with E-state index in [0.717, 1.165) is 38.0 Å². The first-order valence-corrected chi connectivity index (χ1v) is 7.08. The van der Waals surface area contributed by atoms with Gasteiger partial charge in [-0.15, -0.1) is 0 Å². The van der Waals surface area contributed by atoms with Gasteiger partial charge in [0.25, 0.3) is 0 Å². The molecule has 3 nitrogen and oxygen atoms in total. The van der Waals surface area contributed by atoms with Crippen molar-refractivity contribution in [3.63, 3.8) is 0 Å². The van der Waals surface area contributed by atoms with Crippen LogP contribution in [-0.4, -0.2) is 40.2 Å². The average molecular weight is 287 g/mol. The molecule has 0 amide bonds. The van der Waals surface area contributed by atoms with Crippen LogP contribution in [0, 0.1) is 5.92 Å². The summed E-state index contributed by atoms with van der Waals surface area (Å²) in [7, 11) is 0. The number of halogens is 2. The number of nitrogens with zero attached hydrogens (tertiary/aromatic N) is 2. The molecule has 98 valence electrons. The molecular formula is C13H16Cl2N2O. The van der Waals surface area contributed by atoms with Gasteiger partial charge in [0.05, 0.1) is 5.60 Å². The summed E-state index contributed by atoms with van der Waals surface area (Å²) in [6, 6.07) is 1.73. The van der Waals surface area contributed by atoms with Crippen molar-refractivity contribution in [2.75, 3.05) is 19.6 Å². The highest BCUT2D eigenvalue weighted by Gasteiger charge is 2.45. The molecule has 4 rings (SSSR count). The third kappa shape index (κ3) is 2.14. The largest absolute Gasteiger partial charge is 0.388 e. The van der Waals surface area contributed by atoms with Crippen molar-refractivity contribution in [1.82, 2.24) is 9.88 Å². The molecule has 2 bridgehead atoms. The van der Waals surface area contributed by atoms with Crippen molar-refractivity contribution in [2.45, 2.75) is 24.9 Å². The van der Waals surface area contributed by atoms with Gasteiger partial charge in [-0.05, 0) is 37.9 Å². The van der Waals surface area contributed by atoms with Crippen LogP contribution in [0.4, 0.5) is 0 Å². The van der Waals surface area contributed by atoms with Crippen molar-refractivity contribution in [1.29, 1.82) is 0 Å². The van der Waals surface area contributed by atoms with E-state index in [4.69, 9.17) is 23.2 Å². The molecule has 1 unspecified atom stereocenters. The molecule has 1 aromatic heterocycles. The summed E-state index contributed by atoms with van der Waals surface area (Å²) in [6.45, 7) is 2.92. The Kier molecular flexibility index (Phi) is 3.27. The van der Waals surface area contributed by atoms with E-state index in [1.165, 1.54) is 0 Å². The van der Waals surface area contributed by atoms with Crippen LogP contribution < -0.4 is 0 Å². The zero-order valence-electron chi connectivity index (χ0n) is 10.1. The van der Waals surface area contributed by atoms with E-state index in [9.17, 15) is 5.11 Å². The number of hydrogen-bond donors (Lipinski definition) is 1. The second kappa shape index (κ2) is 4.64. The van der Waals surface area contributed by atoms with E-state index >= 15 is 0 Å². The second-order valence-corrected chi connectivity index (χ2v) is 6.16. The Balaban J connectivity index is 1.88. The van der Waals surface area contributed by atoms with Gasteiger partial charge >= 0.3 is 0 Å². The fraction of sp³-hybridized carbons (Fsp3) is 0.615. The molecule has 5 heteroatoms. The lowest BCUT2D eigenvalue weighted by Crippen LogP contribution is -2.60. The quantitative estimate of drug-likeness (QED) is 0.848. The summed E-state index contributed by atoms with van der Waals surface area (Å²) in [5.74, 6) is 0.356. The van der Waals surface area contributed by atoms with Crippen molar-refractivity contribution >= 4 is 23.2 Å². The number of fused-ring (bicyclic) bond motifs is 3.